The molecule has 0 amide bonds. The van der Waals surface area contributed by atoms with Crippen molar-refractivity contribution in [2.45, 2.75) is 13.1 Å². The Balaban J connectivity index is 0.00000324. The second kappa shape index (κ2) is 11.2. The average molecular weight is 510 g/mol. The maximum Gasteiger partial charge on any atom is 0.211 e. The predicted molar refractivity (Wildman–Crippen MR) is 132 cm³/mol. The normalized spacial score (nSPS) is 14.9. The first-order valence-corrected chi connectivity index (χ1v) is 12.6. The molecule has 1 fully saturated rings. The van der Waals surface area contributed by atoms with Crippen LogP contribution in [0.5, 0.6) is 0 Å². The van der Waals surface area contributed by atoms with Crippen LogP contribution in [0.15, 0.2) is 49.1 Å². The molecular weight excluding hydrogens is 481 g/mol. The molecule has 1 aliphatic heterocycles. The summed E-state index contributed by atoms with van der Waals surface area (Å²) >= 11 is 0. The molecule has 0 bridgehead atoms. The summed E-state index contributed by atoms with van der Waals surface area (Å²) in [6, 6.07) is 6.32. The second-order valence-corrected chi connectivity index (χ2v) is 10.3. The lowest BCUT2D eigenvalue weighted by atomic mass is 10.1. The highest BCUT2D eigenvalue weighted by Gasteiger charge is 2.22. The maximum absolute atomic E-state index is 13.3. The number of hydrogen-bond acceptors (Lipinski definition) is 7. The van der Waals surface area contributed by atoms with Gasteiger partial charge in [0.05, 0.1) is 19.0 Å². The van der Waals surface area contributed by atoms with Gasteiger partial charge in [0.15, 0.2) is 5.82 Å². The molecule has 2 aromatic heterocycles. The van der Waals surface area contributed by atoms with Gasteiger partial charge in [0.1, 0.15) is 11.5 Å². The van der Waals surface area contributed by atoms with E-state index in [1.54, 1.807) is 36.3 Å². The highest BCUT2D eigenvalue weighted by molar-refractivity contribution is 7.88. The van der Waals surface area contributed by atoms with Gasteiger partial charge in [-0.2, -0.15) is 5.10 Å². The minimum absolute atomic E-state index is 0. The Labute approximate surface area is 205 Å². The van der Waals surface area contributed by atoms with Crippen molar-refractivity contribution in [2.75, 3.05) is 50.9 Å². The van der Waals surface area contributed by atoms with Crippen molar-refractivity contribution in [1.82, 2.24) is 29.0 Å². The number of likely N-dealkylation sites (N-methyl/N-ethyl adjacent to an activating group) is 1. The van der Waals surface area contributed by atoms with E-state index in [2.05, 4.69) is 24.9 Å². The predicted octanol–water partition coefficient (Wildman–Crippen LogP) is 2.11. The van der Waals surface area contributed by atoms with Crippen molar-refractivity contribution < 1.29 is 12.8 Å². The number of rotatable bonds is 8. The van der Waals surface area contributed by atoms with E-state index in [0.717, 1.165) is 55.4 Å². The van der Waals surface area contributed by atoms with Gasteiger partial charge in [-0.05, 0) is 24.3 Å². The van der Waals surface area contributed by atoms with E-state index in [1.165, 1.54) is 22.7 Å². The fraction of sp³-hybridized carbons (Fsp3) is 0.409. The lowest BCUT2D eigenvalue weighted by Gasteiger charge is -2.35. The fourth-order valence-corrected chi connectivity index (χ4v) is 4.18. The molecular formula is C22H29ClFN7O2S. The number of aromatic nitrogens is 4. The Kier molecular flexibility index (Phi) is 8.58. The van der Waals surface area contributed by atoms with E-state index in [4.69, 9.17) is 0 Å². The Morgan fingerprint density at radius 1 is 1.06 bits per heavy atom. The van der Waals surface area contributed by atoms with Crippen LogP contribution in [0.2, 0.25) is 0 Å². The van der Waals surface area contributed by atoms with Gasteiger partial charge in [-0.3, -0.25) is 14.6 Å². The van der Waals surface area contributed by atoms with Crippen LogP contribution in [0.4, 0.5) is 10.2 Å². The Bertz CT molecular complexity index is 1180. The van der Waals surface area contributed by atoms with Crippen LogP contribution >= 0.6 is 12.4 Å². The monoisotopic (exact) mass is 509 g/mol. The van der Waals surface area contributed by atoms with E-state index in [0.29, 0.717) is 13.1 Å². The molecule has 3 aromatic rings. The molecule has 34 heavy (non-hydrogen) atoms. The van der Waals surface area contributed by atoms with Gasteiger partial charge < -0.3 is 4.90 Å². The van der Waals surface area contributed by atoms with Crippen LogP contribution < -0.4 is 4.90 Å². The zero-order valence-corrected chi connectivity index (χ0v) is 20.8. The molecule has 12 heteroatoms. The number of anilines is 1. The maximum atomic E-state index is 13.3. The molecule has 0 saturated carbocycles. The van der Waals surface area contributed by atoms with Crippen LogP contribution in [0.1, 0.15) is 5.56 Å². The Hall–Kier alpha value is -2.60. The highest BCUT2D eigenvalue weighted by Crippen LogP contribution is 2.27. The van der Waals surface area contributed by atoms with E-state index in [-0.39, 0.29) is 18.2 Å². The number of nitrogens with zero attached hydrogens (tertiary/aromatic N) is 7. The molecule has 3 heterocycles. The molecule has 0 radical (unpaired) electrons. The number of hydrogen-bond donors (Lipinski definition) is 0. The SMILES string of the molecule is CN(CCn1cc(CN2CCN(c3nccnc3-c3ccc(F)cc3)CC2)cn1)S(C)(=O)=O.Cl. The van der Waals surface area contributed by atoms with Crippen molar-refractivity contribution in [3.63, 3.8) is 0 Å². The molecule has 0 aliphatic carbocycles. The van der Waals surface area contributed by atoms with Crippen LogP contribution in [-0.2, 0) is 23.1 Å². The first-order chi connectivity index (χ1) is 15.8. The van der Waals surface area contributed by atoms with Gasteiger partial charge in [-0.25, -0.2) is 22.1 Å². The minimum atomic E-state index is -3.19. The van der Waals surface area contributed by atoms with Crippen LogP contribution in [-0.4, -0.2) is 83.4 Å². The average Bonchev–Trinajstić information content (AvgIpc) is 3.25. The summed E-state index contributed by atoms with van der Waals surface area (Å²) in [5.74, 6) is 0.537. The third kappa shape index (κ3) is 6.50. The molecule has 184 valence electrons. The summed E-state index contributed by atoms with van der Waals surface area (Å²) in [6.45, 7) is 5.01. The second-order valence-electron chi connectivity index (χ2n) is 8.19. The summed E-state index contributed by atoms with van der Waals surface area (Å²) in [5.41, 5.74) is 2.69. The molecule has 4 rings (SSSR count). The minimum Gasteiger partial charge on any atom is -0.352 e. The van der Waals surface area contributed by atoms with Crippen LogP contribution in [0, 0.1) is 5.82 Å². The number of benzene rings is 1. The molecule has 1 saturated heterocycles. The first kappa shape index (κ1) is 26.0. The van der Waals surface area contributed by atoms with Crippen molar-refractivity contribution in [2.24, 2.45) is 0 Å². The summed E-state index contributed by atoms with van der Waals surface area (Å²) in [5, 5.41) is 4.36. The zero-order valence-electron chi connectivity index (χ0n) is 19.2. The van der Waals surface area contributed by atoms with E-state index in [9.17, 15) is 12.8 Å². The van der Waals surface area contributed by atoms with Crippen LogP contribution in [0.25, 0.3) is 11.3 Å². The zero-order chi connectivity index (χ0) is 23.4. The molecule has 0 spiro atoms. The smallest absolute Gasteiger partial charge is 0.211 e. The standard InChI is InChI=1S/C22H28FN7O2S.ClH/c1-27(33(2,31)32)9-14-30-17-18(15-26-30)16-28-10-12-29(13-11-28)22-21(24-7-8-25-22)19-3-5-20(23)6-4-19;/h3-8,15,17H,9-14,16H2,1-2H3;1H. The van der Waals surface area contributed by atoms with E-state index in [1.807, 2.05) is 12.4 Å². The number of halogens is 2. The molecule has 9 nitrogen and oxygen atoms in total. The number of piperazine rings is 1. The van der Waals surface area contributed by atoms with Gasteiger partial charge in [0.25, 0.3) is 0 Å². The third-order valence-corrected chi connectivity index (χ3v) is 7.09. The van der Waals surface area contributed by atoms with Gasteiger partial charge >= 0.3 is 0 Å². The molecule has 0 N–H and O–H groups in total. The summed E-state index contributed by atoms with van der Waals surface area (Å²) < 4.78 is 39.5. The summed E-state index contributed by atoms with van der Waals surface area (Å²) in [6.07, 6.45) is 8.35. The highest BCUT2D eigenvalue weighted by atomic mass is 35.5. The van der Waals surface area contributed by atoms with Crippen molar-refractivity contribution in [3.8, 4) is 11.3 Å². The van der Waals surface area contributed by atoms with Crippen molar-refractivity contribution >= 4 is 28.2 Å². The van der Waals surface area contributed by atoms with Gasteiger partial charge in [0.2, 0.25) is 10.0 Å². The van der Waals surface area contributed by atoms with Crippen molar-refractivity contribution in [3.05, 3.63) is 60.4 Å². The third-order valence-electron chi connectivity index (χ3n) is 5.77. The van der Waals surface area contributed by atoms with E-state index >= 15 is 0 Å². The Morgan fingerprint density at radius 3 is 2.41 bits per heavy atom. The van der Waals surface area contributed by atoms with Crippen molar-refractivity contribution in [1.29, 1.82) is 0 Å². The first-order valence-electron chi connectivity index (χ1n) is 10.8. The molecule has 1 aliphatic rings. The largest absolute Gasteiger partial charge is 0.352 e. The van der Waals surface area contributed by atoms with Crippen LogP contribution in [0.3, 0.4) is 0 Å². The van der Waals surface area contributed by atoms with Gasteiger partial charge in [-0.1, -0.05) is 0 Å². The lowest BCUT2D eigenvalue weighted by Crippen LogP contribution is -2.46. The number of sulfonamides is 1. The molecule has 0 atom stereocenters. The van der Waals surface area contributed by atoms with Gasteiger partial charge in [-0.15, -0.1) is 12.4 Å². The van der Waals surface area contributed by atoms with Gasteiger partial charge in [0, 0.05) is 76.0 Å². The molecule has 1 aromatic carbocycles. The summed E-state index contributed by atoms with van der Waals surface area (Å²) in [4.78, 5) is 13.6. The quantitative estimate of drug-likeness (QED) is 0.459. The fourth-order valence-electron chi connectivity index (χ4n) is 3.77. The Morgan fingerprint density at radius 2 is 1.74 bits per heavy atom. The molecule has 0 unspecified atom stereocenters. The van der Waals surface area contributed by atoms with E-state index < -0.39 is 10.0 Å². The lowest BCUT2D eigenvalue weighted by molar-refractivity contribution is 0.249. The topological polar surface area (TPSA) is 87.5 Å². The summed E-state index contributed by atoms with van der Waals surface area (Å²) in [7, 11) is -1.62.